The van der Waals surface area contributed by atoms with Crippen LogP contribution in [0.3, 0.4) is 0 Å². The summed E-state index contributed by atoms with van der Waals surface area (Å²) in [5, 5.41) is 22.9. The fourth-order valence-electron chi connectivity index (χ4n) is 1.97. The van der Waals surface area contributed by atoms with Gasteiger partial charge in [0.15, 0.2) is 0 Å². The van der Waals surface area contributed by atoms with E-state index in [-0.39, 0.29) is 17.7 Å². The van der Waals surface area contributed by atoms with Crippen LogP contribution >= 0.6 is 15.9 Å². The number of aliphatic hydroxyl groups excluding tert-OH is 1. The third-order valence-electron chi connectivity index (χ3n) is 3.42. The predicted octanol–water partition coefficient (Wildman–Crippen LogP) is 2.93. The second-order valence-electron chi connectivity index (χ2n) is 4.75. The number of nitrogens with zero attached hydrogens (tertiary/aromatic N) is 1. The van der Waals surface area contributed by atoms with E-state index in [9.17, 15) is 10.1 Å². The molecule has 0 aliphatic heterocycles. The molecular weight excluding hydrogens is 300 g/mol. The molecule has 0 bridgehead atoms. The predicted molar refractivity (Wildman–Crippen MR) is 72.7 cm³/mol. The van der Waals surface area contributed by atoms with Crippen molar-refractivity contribution in [2.24, 2.45) is 5.41 Å². The smallest absolute Gasteiger partial charge is 0.270 e. The van der Waals surface area contributed by atoms with Gasteiger partial charge < -0.3 is 10.4 Å². The molecule has 0 saturated heterocycles. The number of nitro benzene ring substituents is 1. The van der Waals surface area contributed by atoms with Gasteiger partial charge in [0, 0.05) is 35.4 Å². The van der Waals surface area contributed by atoms with Gasteiger partial charge in [-0.3, -0.25) is 10.1 Å². The monoisotopic (exact) mass is 314 g/mol. The molecule has 0 amide bonds. The van der Waals surface area contributed by atoms with E-state index >= 15 is 0 Å². The second kappa shape index (κ2) is 5.24. The molecule has 2 N–H and O–H groups in total. The number of hydrogen-bond donors (Lipinski definition) is 2. The van der Waals surface area contributed by atoms with Crippen LogP contribution < -0.4 is 5.32 Å². The summed E-state index contributed by atoms with van der Waals surface area (Å²) < 4.78 is 0.691. The van der Waals surface area contributed by atoms with Crippen molar-refractivity contribution >= 4 is 27.3 Å². The van der Waals surface area contributed by atoms with Crippen molar-refractivity contribution in [2.45, 2.75) is 19.3 Å². The third-order valence-corrected chi connectivity index (χ3v) is 4.07. The lowest BCUT2D eigenvalue weighted by Crippen LogP contribution is -2.17. The quantitative estimate of drug-likeness (QED) is 0.625. The average molecular weight is 315 g/mol. The number of nitro groups is 1. The normalized spacial score (nSPS) is 16.3. The molecule has 5 nitrogen and oxygen atoms in total. The van der Waals surface area contributed by atoms with Gasteiger partial charge in [0.05, 0.1) is 4.92 Å². The summed E-state index contributed by atoms with van der Waals surface area (Å²) in [7, 11) is 0. The van der Waals surface area contributed by atoms with Crippen LogP contribution in [0.2, 0.25) is 0 Å². The Morgan fingerprint density at radius 3 is 2.72 bits per heavy atom. The molecule has 18 heavy (non-hydrogen) atoms. The molecule has 0 heterocycles. The highest BCUT2D eigenvalue weighted by Gasteiger charge is 2.41. The Kier molecular flexibility index (Phi) is 3.87. The van der Waals surface area contributed by atoms with Gasteiger partial charge >= 0.3 is 0 Å². The zero-order valence-electron chi connectivity index (χ0n) is 9.86. The zero-order valence-corrected chi connectivity index (χ0v) is 11.4. The van der Waals surface area contributed by atoms with Crippen LogP contribution in [-0.2, 0) is 0 Å². The van der Waals surface area contributed by atoms with Crippen molar-refractivity contribution < 1.29 is 10.0 Å². The lowest BCUT2D eigenvalue weighted by atomic mass is 10.0. The first-order valence-electron chi connectivity index (χ1n) is 5.85. The Morgan fingerprint density at radius 2 is 2.22 bits per heavy atom. The molecule has 1 aromatic carbocycles. The fourth-order valence-corrected chi connectivity index (χ4v) is 2.48. The minimum atomic E-state index is -0.414. The van der Waals surface area contributed by atoms with Crippen molar-refractivity contribution in [3.05, 3.63) is 32.8 Å². The standard InChI is InChI=1S/C12H15BrN2O3/c13-10-7-9(15(17)18)1-2-11(10)14-8-12(3-4-12)5-6-16/h1-2,7,14,16H,3-6,8H2. The SMILES string of the molecule is O=[N+]([O-])c1ccc(NCC2(CCO)CC2)c(Br)c1. The largest absolute Gasteiger partial charge is 0.396 e. The van der Waals surface area contributed by atoms with E-state index < -0.39 is 4.92 Å². The highest BCUT2D eigenvalue weighted by atomic mass is 79.9. The number of hydrogen-bond acceptors (Lipinski definition) is 4. The summed E-state index contributed by atoms with van der Waals surface area (Å²) >= 11 is 3.33. The Morgan fingerprint density at radius 1 is 1.50 bits per heavy atom. The zero-order chi connectivity index (χ0) is 13.2. The number of nitrogens with one attached hydrogen (secondary N) is 1. The number of halogens is 1. The minimum absolute atomic E-state index is 0.0731. The summed E-state index contributed by atoms with van der Waals surface area (Å²) in [5.74, 6) is 0. The molecule has 1 aliphatic rings. The summed E-state index contributed by atoms with van der Waals surface area (Å²) in [6, 6.07) is 4.68. The molecule has 1 aromatic rings. The molecule has 1 fully saturated rings. The van der Waals surface area contributed by atoms with Crippen LogP contribution in [0.4, 0.5) is 11.4 Å². The van der Waals surface area contributed by atoms with E-state index in [1.165, 1.54) is 12.1 Å². The van der Waals surface area contributed by atoms with Gasteiger partial charge in [-0.1, -0.05) is 0 Å². The fraction of sp³-hybridized carbons (Fsp3) is 0.500. The average Bonchev–Trinajstić information content (AvgIpc) is 3.08. The van der Waals surface area contributed by atoms with Crippen molar-refractivity contribution in [1.82, 2.24) is 0 Å². The van der Waals surface area contributed by atoms with Gasteiger partial charge in [-0.25, -0.2) is 0 Å². The van der Waals surface area contributed by atoms with Crippen LogP contribution in [0.15, 0.2) is 22.7 Å². The van der Waals surface area contributed by atoms with Crippen molar-refractivity contribution in [2.75, 3.05) is 18.5 Å². The lowest BCUT2D eigenvalue weighted by molar-refractivity contribution is -0.384. The summed E-state index contributed by atoms with van der Waals surface area (Å²) in [6.07, 6.45) is 3.07. The second-order valence-corrected chi connectivity index (χ2v) is 5.60. The van der Waals surface area contributed by atoms with Crippen LogP contribution in [-0.4, -0.2) is 23.2 Å². The van der Waals surface area contributed by atoms with Crippen molar-refractivity contribution in [3.63, 3.8) is 0 Å². The maximum Gasteiger partial charge on any atom is 0.270 e. The molecule has 2 rings (SSSR count). The molecular formula is C12H15BrN2O3. The minimum Gasteiger partial charge on any atom is -0.396 e. The van der Waals surface area contributed by atoms with Crippen LogP contribution in [0, 0.1) is 15.5 Å². The van der Waals surface area contributed by atoms with Crippen molar-refractivity contribution in [1.29, 1.82) is 0 Å². The van der Waals surface area contributed by atoms with Crippen molar-refractivity contribution in [3.8, 4) is 0 Å². The summed E-state index contributed by atoms with van der Waals surface area (Å²) in [5.41, 5.74) is 1.14. The molecule has 0 unspecified atom stereocenters. The topological polar surface area (TPSA) is 75.4 Å². The maximum absolute atomic E-state index is 10.6. The summed E-state index contributed by atoms with van der Waals surface area (Å²) in [4.78, 5) is 10.2. The van der Waals surface area contributed by atoms with E-state index in [0.29, 0.717) is 4.47 Å². The van der Waals surface area contributed by atoms with Gasteiger partial charge in [0.1, 0.15) is 0 Å². The number of benzene rings is 1. The van der Waals surface area contributed by atoms with Gasteiger partial charge in [-0.05, 0) is 46.7 Å². The maximum atomic E-state index is 10.6. The first kappa shape index (κ1) is 13.3. The van der Waals surface area contributed by atoms with Gasteiger partial charge in [0.2, 0.25) is 0 Å². The first-order chi connectivity index (χ1) is 8.56. The molecule has 0 radical (unpaired) electrons. The Labute approximate surface area is 113 Å². The van der Waals surface area contributed by atoms with Crippen LogP contribution in [0.25, 0.3) is 0 Å². The van der Waals surface area contributed by atoms with E-state index in [2.05, 4.69) is 21.2 Å². The van der Waals surface area contributed by atoms with Gasteiger partial charge in [-0.2, -0.15) is 0 Å². The van der Waals surface area contributed by atoms with E-state index in [0.717, 1.165) is 31.5 Å². The number of non-ortho nitro benzene ring substituents is 1. The van der Waals surface area contributed by atoms with Crippen LogP contribution in [0.5, 0.6) is 0 Å². The molecule has 1 saturated carbocycles. The Balaban J connectivity index is 2.00. The number of anilines is 1. The third kappa shape index (κ3) is 3.00. The highest BCUT2D eigenvalue weighted by Crippen LogP contribution is 2.48. The Hall–Kier alpha value is -1.14. The molecule has 6 heteroatoms. The van der Waals surface area contributed by atoms with Crippen LogP contribution in [0.1, 0.15) is 19.3 Å². The van der Waals surface area contributed by atoms with E-state index in [1.807, 2.05) is 0 Å². The molecule has 0 aromatic heterocycles. The summed E-state index contributed by atoms with van der Waals surface area (Å²) in [6.45, 7) is 1.01. The molecule has 98 valence electrons. The molecule has 0 spiro atoms. The highest BCUT2D eigenvalue weighted by molar-refractivity contribution is 9.10. The van der Waals surface area contributed by atoms with E-state index in [4.69, 9.17) is 5.11 Å². The van der Waals surface area contributed by atoms with Gasteiger partial charge in [0.25, 0.3) is 5.69 Å². The van der Waals surface area contributed by atoms with E-state index in [1.54, 1.807) is 6.07 Å². The molecule has 1 aliphatic carbocycles. The Bertz CT molecular complexity index is 461. The number of rotatable bonds is 6. The lowest BCUT2D eigenvalue weighted by Gasteiger charge is -2.16. The number of aliphatic hydroxyl groups is 1. The van der Waals surface area contributed by atoms with Gasteiger partial charge in [-0.15, -0.1) is 0 Å². The molecule has 0 atom stereocenters. The first-order valence-corrected chi connectivity index (χ1v) is 6.64.